The van der Waals surface area contributed by atoms with Crippen molar-refractivity contribution in [3.8, 4) is 0 Å². The number of hydrogen-bond donors (Lipinski definition) is 2. The molecule has 0 spiro atoms. The van der Waals surface area contributed by atoms with E-state index < -0.39 is 12.2 Å². The Bertz CT molecular complexity index is 125. The molecule has 4 heteroatoms. The highest BCUT2D eigenvalue weighted by Crippen LogP contribution is 1.98. The summed E-state index contributed by atoms with van der Waals surface area (Å²) in [6.45, 7) is 4.00. The second-order valence-corrected chi connectivity index (χ2v) is 2.68. The van der Waals surface area contributed by atoms with Gasteiger partial charge in [0.05, 0.1) is 13.2 Å². The predicted molar refractivity (Wildman–Crippen MR) is 41.3 cm³/mol. The van der Waals surface area contributed by atoms with Crippen LogP contribution in [0.15, 0.2) is 0 Å². The number of alkyl carbamates (subject to hydrolysis) is 1. The highest BCUT2D eigenvalue weighted by molar-refractivity contribution is 5.66. The number of amides is 1. The summed E-state index contributed by atoms with van der Waals surface area (Å²) in [5.41, 5.74) is 0. The van der Waals surface area contributed by atoms with E-state index in [1.54, 1.807) is 0 Å². The molecule has 0 aromatic heterocycles. The van der Waals surface area contributed by atoms with E-state index >= 15 is 0 Å². The number of rotatable bonds is 3. The minimum atomic E-state index is -0.510. The molecule has 0 saturated heterocycles. The first-order chi connectivity index (χ1) is 5.07. The fourth-order valence-electron chi connectivity index (χ4n) is 0.496. The van der Waals surface area contributed by atoms with Gasteiger partial charge in [-0.2, -0.15) is 0 Å². The lowest BCUT2D eigenvalue weighted by Crippen LogP contribution is -2.34. The Morgan fingerprint density at radius 3 is 2.55 bits per heavy atom. The number of ether oxygens (including phenoxy) is 1. The van der Waals surface area contributed by atoms with Crippen molar-refractivity contribution in [3.63, 3.8) is 0 Å². The van der Waals surface area contributed by atoms with Gasteiger partial charge in [0.1, 0.15) is 0 Å². The van der Waals surface area contributed by atoms with E-state index in [-0.39, 0.29) is 12.5 Å². The standard InChI is InChI=1S/C7H15NO3/c1-5(2)6(9)4-8-7(10)11-3/h5-6,9H,4H2,1-3H3,(H,8,10)/t6-/m1/s1. The van der Waals surface area contributed by atoms with E-state index in [0.29, 0.717) is 0 Å². The van der Waals surface area contributed by atoms with Crippen LogP contribution in [0.5, 0.6) is 0 Å². The largest absolute Gasteiger partial charge is 0.453 e. The minimum Gasteiger partial charge on any atom is -0.453 e. The van der Waals surface area contributed by atoms with Crippen molar-refractivity contribution >= 4 is 6.09 Å². The van der Waals surface area contributed by atoms with E-state index in [4.69, 9.17) is 0 Å². The summed E-state index contributed by atoms with van der Waals surface area (Å²) in [4.78, 5) is 10.5. The van der Waals surface area contributed by atoms with Gasteiger partial charge in [-0.25, -0.2) is 4.79 Å². The molecule has 1 amide bonds. The molecule has 0 heterocycles. The molecule has 2 N–H and O–H groups in total. The molecule has 0 rings (SSSR count). The van der Waals surface area contributed by atoms with Crippen LogP contribution in [0, 0.1) is 5.92 Å². The summed E-state index contributed by atoms with van der Waals surface area (Å²) >= 11 is 0. The predicted octanol–water partition coefficient (Wildman–Crippen LogP) is 0.359. The minimum absolute atomic E-state index is 0.146. The van der Waals surface area contributed by atoms with Gasteiger partial charge in [0.25, 0.3) is 0 Å². The maximum atomic E-state index is 10.5. The Balaban J connectivity index is 3.45. The fourth-order valence-corrected chi connectivity index (χ4v) is 0.496. The Morgan fingerprint density at radius 1 is 1.64 bits per heavy atom. The van der Waals surface area contributed by atoms with Crippen LogP contribution in [0.25, 0.3) is 0 Å². The number of carbonyl (C=O) groups excluding carboxylic acids is 1. The maximum absolute atomic E-state index is 10.5. The first kappa shape index (κ1) is 10.2. The third-order valence-electron chi connectivity index (χ3n) is 1.41. The quantitative estimate of drug-likeness (QED) is 0.628. The van der Waals surface area contributed by atoms with Gasteiger partial charge in [-0.05, 0) is 5.92 Å². The molecule has 66 valence electrons. The zero-order chi connectivity index (χ0) is 8.85. The topological polar surface area (TPSA) is 58.6 Å². The summed E-state index contributed by atoms with van der Waals surface area (Å²) < 4.78 is 4.32. The monoisotopic (exact) mass is 161 g/mol. The third-order valence-corrected chi connectivity index (χ3v) is 1.41. The molecule has 0 aliphatic carbocycles. The van der Waals surface area contributed by atoms with Crippen molar-refractivity contribution in [2.45, 2.75) is 20.0 Å². The lowest BCUT2D eigenvalue weighted by atomic mass is 10.1. The van der Waals surface area contributed by atoms with Crippen molar-refractivity contribution in [1.82, 2.24) is 5.32 Å². The number of methoxy groups -OCH3 is 1. The molecule has 0 saturated carbocycles. The van der Waals surface area contributed by atoms with Crippen molar-refractivity contribution in [2.24, 2.45) is 5.92 Å². The molecule has 0 unspecified atom stereocenters. The van der Waals surface area contributed by atoms with Gasteiger partial charge in [-0.1, -0.05) is 13.8 Å². The van der Waals surface area contributed by atoms with E-state index in [9.17, 15) is 9.90 Å². The zero-order valence-electron chi connectivity index (χ0n) is 7.13. The Morgan fingerprint density at radius 2 is 2.18 bits per heavy atom. The van der Waals surface area contributed by atoms with E-state index in [2.05, 4.69) is 10.1 Å². The van der Waals surface area contributed by atoms with E-state index in [0.717, 1.165) is 0 Å². The zero-order valence-corrected chi connectivity index (χ0v) is 7.13. The normalized spacial score (nSPS) is 12.8. The van der Waals surface area contributed by atoms with Crippen LogP contribution in [0.1, 0.15) is 13.8 Å². The molecule has 0 radical (unpaired) electrons. The highest BCUT2D eigenvalue weighted by atomic mass is 16.5. The molecular formula is C7H15NO3. The third kappa shape index (κ3) is 4.61. The first-order valence-electron chi connectivity index (χ1n) is 3.57. The lowest BCUT2D eigenvalue weighted by Gasteiger charge is -2.13. The number of hydrogen-bond acceptors (Lipinski definition) is 3. The average Bonchev–Trinajstić information content (AvgIpc) is 1.99. The van der Waals surface area contributed by atoms with Crippen LogP contribution in [-0.4, -0.2) is 31.0 Å². The fraction of sp³-hybridized carbons (Fsp3) is 0.857. The highest BCUT2D eigenvalue weighted by Gasteiger charge is 2.09. The van der Waals surface area contributed by atoms with Gasteiger partial charge in [0, 0.05) is 6.54 Å². The molecule has 4 nitrogen and oxygen atoms in total. The molecule has 0 fully saturated rings. The number of carbonyl (C=O) groups is 1. The van der Waals surface area contributed by atoms with Gasteiger partial charge in [-0.15, -0.1) is 0 Å². The van der Waals surface area contributed by atoms with Crippen LogP contribution >= 0.6 is 0 Å². The van der Waals surface area contributed by atoms with Gasteiger partial charge < -0.3 is 15.2 Å². The van der Waals surface area contributed by atoms with Crippen molar-refractivity contribution in [2.75, 3.05) is 13.7 Å². The molecule has 0 aromatic rings. The molecule has 0 aromatic carbocycles. The maximum Gasteiger partial charge on any atom is 0.406 e. The summed E-state index contributed by atoms with van der Waals surface area (Å²) in [5.74, 6) is 0.146. The van der Waals surface area contributed by atoms with E-state index in [1.165, 1.54) is 7.11 Å². The van der Waals surface area contributed by atoms with Crippen LogP contribution < -0.4 is 5.32 Å². The average molecular weight is 161 g/mol. The van der Waals surface area contributed by atoms with Crippen LogP contribution in [-0.2, 0) is 4.74 Å². The molecule has 1 atom stereocenters. The Kier molecular flexibility index (Phi) is 4.61. The van der Waals surface area contributed by atoms with Crippen molar-refractivity contribution in [1.29, 1.82) is 0 Å². The molecular weight excluding hydrogens is 146 g/mol. The Hall–Kier alpha value is -0.770. The molecule has 11 heavy (non-hydrogen) atoms. The Labute approximate surface area is 66.5 Å². The summed E-state index contributed by atoms with van der Waals surface area (Å²) in [6.07, 6.45) is -1.02. The van der Waals surface area contributed by atoms with Crippen LogP contribution in [0.3, 0.4) is 0 Å². The second kappa shape index (κ2) is 4.96. The van der Waals surface area contributed by atoms with Gasteiger partial charge in [-0.3, -0.25) is 0 Å². The summed E-state index contributed by atoms with van der Waals surface area (Å²) in [5, 5.41) is 11.6. The van der Waals surface area contributed by atoms with E-state index in [1.807, 2.05) is 13.8 Å². The van der Waals surface area contributed by atoms with Crippen LogP contribution in [0.4, 0.5) is 4.79 Å². The van der Waals surface area contributed by atoms with Crippen LogP contribution in [0.2, 0.25) is 0 Å². The lowest BCUT2D eigenvalue weighted by molar-refractivity contribution is 0.115. The number of aliphatic hydroxyl groups excluding tert-OH is 1. The first-order valence-corrected chi connectivity index (χ1v) is 3.57. The van der Waals surface area contributed by atoms with Crippen molar-refractivity contribution in [3.05, 3.63) is 0 Å². The number of nitrogens with one attached hydrogen (secondary N) is 1. The second-order valence-electron chi connectivity index (χ2n) is 2.68. The SMILES string of the molecule is COC(=O)NC[C@@H](O)C(C)C. The van der Waals surface area contributed by atoms with Crippen molar-refractivity contribution < 1.29 is 14.6 Å². The summed E-state index contributed by atoms with van der Waals surface area (Å²) in [6, 6.07) is 0. The van der Waals surface area contributed by atoms with Gasteiger partial charge >= 0.3 is 6.09 Å². The molecule has 0 aliphatic heterocycles. The summed E-state index contributed by atoms with van der Waals surface area (Å²) in [7, 11) is 1.29. The smallest absolute Gasteiger partial charge is 0.406 e. The number of aliphatic hydroxyl groups is 1. The molecule has 0 aliphatic rings. The van der Waals surface area contributed by atoms with Gasteiger partial charge in [0.2, 0.25) is 0 Å². The van der Waals surface area contributed by atoms with Gasteiger partial charge in [0.15, 0.2) is 0 Å². The molecule has 0 bridgehead atoms.